The van der Waals surface area contributed by atoms with Gasteiger partial charge in [-0.1, -0.05) is 18.2 Å². The quantitative estimate of drug-likeness (QED) is 0.751. The Morgan fingerprint density at radius 1 is 1.41 bits per heavy atom. The highest BCUT2D eigenvalue weighted by Crippen LogP contribution is 2.12. The predicted octanol–water partition coefficient (Wildman–Crippen LogP) is 1.65. The molecule has 0 radical (unpaired) electrons. The molecule has 88 valence electrons. The molecule has 2 aromatic rings. The normalized spacial score (nSPS) is 10.5. The molecule has 17 heavy (non-hydrogen) atoms. The van der Waals surface area contributed by atoms with Crippen molar-refractivity contribution >= 4 is 16.9 Å². The summed E-state index contributed by atoms with van der Waals surface area (Å²) < 4.78 is 1.69. The average molecular weight is 229 g/mol. The van der Waals surface area contributed by atoms with E-state index in [1.54, 1.807) is 15.5 Å². The molecule has 0 fully saturated rings. The summed E-state index contributed by atoms with van der Waals surface area (Å²) in [6, 6.07) is 7.61. The highest BCUT2D eigenvalue weighted by Gasteiger charge is 2.10. The summed E-state index contributed by atoms with van der Waals surface area (Å²) in [5.41, 5.74) is 1.56. The van der Waals surface area contributed by atoms with Crippen molar-refractivity contribution in [2.75, 3.05) is 19.0 Å². The monoisotopic (exact) mass is 229 g/mol. The first kappa shape index (κ1) is 11.4. The third kappa shape index (κ3) is 1.93. The smallest absolute Gasteiger partial charge is 0.294 e. The van der Waals surface area contributed by atoms with Gasteiger partial charge in [0.25, 0.3) is 5.56 Å². The Bertz CT molecular complexity index is 614. The van der Waals surface area contributed by atoms with Gasteiger partial charge in [-0.15, -0.1) is 6.58 Å². The summed E-state index contributed by atoms with van der Waals surface area (Å²) >= 11 is 0. The van der Waals surface area contributed by atoms with Gasteiger partial charge in [0.05, 0.1) is 11.0 Å². The molecule has 2 rings (SSSR count). The van der Waals surface area contributed by atoms with Crippen LogP contribution in [0.15, 0.2) is 41.7 Å². The van der Waals surface area contributed by atoms with E-state index in [-0.39, 0.29) is 5.56 Å². The van der Waals surface area contributed by atoms with Crippen LogP contribution in [0.3, 0.4) is 0 Å². The zero-order valence-corrected chi connectivity index (χ0v) is 10.1. The van der Waals surface area contributed by atoms with E-state index >= 15 is 0 Å². The van der Waals surface area contributed by atoms with Crippen molar-refractivity contribution in [1.82, 2.24) is 9.55 Å². The predicted molar refractivity (Wildman–Crippen MR) is 70.5 cm³/mol. The topological polar surface area (TPSA) is 38.1 Å². The molecule has 0 spiro atoms. The molecule has 1 heterocycles. The summed E-state index contributed by atoms with van der Waals surface area (Å²) in [4.78, 5) is 18.3. The fourth-order valence-electron chi connectivity index (χ4n) is 1.78. The minimum absolute atomic E-state index is 0.0893. The number of para-hydroxylation sites is 2. The largest absolute Gasteiger partial charge is 0.358 e. The van der Waals surface area contributed by atoms with Crippen LogP contribution in [0.25, 0.3) is 11.0 Å². The number of fused-ring (bicyclic) bond motifs is 1. The third-order valence-electron chi connectivity index (χ3n) is 2.57. The van der Waals surface area contributed by atoms with Gasteiger partial charge >= 0.3 is 0 Å². The molecule has 4 heteroatoms. The number of benzene rings is 1. The van der Waals surface area contributed by atoms with E-state index in [1.807, 2.05) is 38.4 Å². The number of anilines is 1. The van der Waals surface area contributed by atoms with Gasteiger partial charge in [0.15, 0.2) is 5.82 Å². The number of nitrogens with zero attached hydrogens (tertiary/aromatic N) is 3. The lowest BCUT2D eigenvalue weighted by molar-refractivity contribution is 0.802. The molecule has 0 saturated heterocycles. The second kappa shape index (κ2) is 4.41. The van der Waals surface area contributed by atoms with E-state index in [4.69, 9.17) is 0 Å². The van der Waals surface area contributed by atoms with Crippen LogP contribution in [0.5, 0.6) is 0 Å². The number of hydrogen-bond donors (Lipinski definition) is 0. The fourth-order valence-corrected chi connectivity index (χ4v) is 1.78. The Morgan fingerprint density at radius 3 is 2.76 bits per heavy atom. The van der Waals surface area contributed by atoms with Gasteiger partial charge in [-0.05, 0) is 12.1 Å². The Labute approximate surface area is 99.8 Å². The van der Waals surface area contributed by atoms with E-state index in [2.05, 4.69) is 11.6 Å². The van der Waals surface area contributed by atoms with Gasteiger partial charge in [-0.3, -0.25) is 9.36 Å². The Hall–Kier alpha value is -2.10. The first-order valence-electron chi connectivity index (χ1n) is 5.43. The fraction of sp³-hybridized carbons (Fsp3) is 0.231. The third-order valence-corrected chi connectivity index (χ3v) is 2.57. The lowest BCUT2D eigenvalue weighted by atomic mass is 10.3. The number of hydrogen-bond acceptors (Lipinski definition) is 3. The van der Waals surface area contributed by atoms with Gasteiger partial charge < -0.3 is 4.90 Å². The van der Waals surface area contributed by atoms with E-state index < -0.39 is 0 Å². The van der Waals surface area contributed by atoms with Crippen LogP contribution >= 0.6 is 0 Å². The summed E-state index contributed by atoms with van der Waals surface area (Å²) in [5.74, 6) is 0.450. The van der Waals surface area contributed by atoms with Gasteiger partial charge in [-0.2, -0.15) is 0 Å². The second-order valence-corrected chi connectivity index (χ2v) is 4.02. The van der Waals surface area contributed by atoms with E-state index in [9.17, 15) is 4.79 Å². The lowest BCUT2D eigenvalue weighted by Crippen LogP contribution is -2.28. The van der Waals surface area contributed by atoms with Crippen LogP contribution in [-0.2, 0) is 6.54 Å². The summed E-state index contributed by atoms with van der Waals surface area (Å²) in [7, 11) is 3.63. The van der Waals surface area contributed by atoms with Gasteiger partial charge in [0.2, 0.25) is 0 Å². The Balaban J connectivity index is 2.85. The van der Waals surface area contributed by atoms with Crippen molar-refractivity contribution in [3.63, 3.8) is 0 Å². The summed E-state index contributed by atoms with van der Waals surface area (Å²) in [6.45, 7) is 4.17. The molecule has 0 aliphatic rings. The van der Waals surface area contributed by atoms with Crippen molar-refractivity contribution in [3.05, 3.63) is 47.3 Å². The Kier molecular flexibility index (Phi) is 2.95. The molecule has 0 N–H and O–H groups in total. The molecule has 0 aliphatic heterocycles. The van der Waals surface area contributed by atoms with Crippen LogP contribution < -0.4 is 10.5 Å². The second-order valence-electron chi connectivity index (χ2n) is 4.02. The van der Waals surface area contributed by atoms with Gasteiger partial charge in [-0.25, -0.2) is 4.98 Å². The molecular formula is C13H15N3O. The standard InChI is InChI=1S/C13H15N3O/c1-4-9-16-11-8-6-5-7-10(11)14-12(13(16)17)15(2)3/h4-8H,1,9H2,2-3H3. The maximum atomic E-state index is 12.2. The van der Waals surface area contributed by atoms with Crippen LogP contribution in [0, 0.1) is 0 Å². The van der Waals surface area contributed by atoms with Crippen molar-refractivity contribution in [1.29, 1.82) is 0 Å². The molecule has 0 aliphatic carbocycles. The summed E-state index contributed by atoms with van der Waals surface area (Å²) in [5, 5.41) is 0. The maximum Gasteiger partial charge on any atom is 0.294 e. The maximum absolute atomic E-state index is 12.2. The SMILES string of the molecule is C=CCn1c(=O)c(N(C)C)nc2ccccc21. The number of rotatable bonds is 3. The van der Waals surface area contributed by atoms with Crippen molar-refractivity contribution in [2.24, 2.45) is 0 Å². The number of aromatic nitrogens is 2. The molecule has 0 bridgehead atoms. The van der Waals surface area contributed by atoms with E-state index in [1.165, 1.54) is 0 Å². The lowest BCUT2D eigenvalue weighted by Gasteiger charge is -2.14. The molecule has 0 saturated carbocycles. The zero-order valence-electron chi connectivity index (χ0n) is 10.1. The molecule has 0 atom stereocenters. The van der Waals surface area contributed by atoms with Crippen molar-refractivity contribution < 1.29 is 0 Å². The van der Waals surface area contributed by atoms with E-state index in [0.29, 0.717) is 12.4 Å². The van der Waals surface area contributed by atoms with E-state index in [0.717, 1.165) is 11.0 Å². The van der Waals surface area contributed by atoms with Crippen molar-refractivity contribution in [3.8, 4) is 0 Å². The van der Waals surface area contributed by atoms with Crippen molar-refractivity contribution in [2.45, 2.75) is 6.54 Å². The van der Waals surface area contributed by atoms with Gasteiger partial charge in [0, 0.05) is 20.6 Å². The van der Waals surface area contributed by atoms with Crippen LogP contribution in [0.1, 0.15) is 0 Å². The first-order valence-corrected chi connectivity index (χ1v) is 5.43. The zero-order chi connectivity index (χ0) is 12.4. The van der Waals surface area contributed by atoms with Crippen LogP contribution in [0.4, 0.5) is 5.82 Å². The average Bonchev–Trinajstić information content (AvgIpc) is 2.32. The molecule has 0 unspecified atom stereocenters. The molecule has 4 nitrogen and oxygen atoms in total. The minimum Gasteiger partial charge on any atom is -0.358 e. The van der Waals surface area contributed by atoms with Crippen LogP contribution in [0.2, 0.25) is 0 Å². The summed E-state index contributed by atoms with van der Waals surface area (Å²) in [6.07, 6.45) is 1.72. The molecule has 1 aromatic heterocycles. The highest BCUT2D eigenvalue weighted by atomic mass is 16.1. The molecule has 0 amide bonds. The van der Waals surface area contributed by atoms with Crippen LogP contribution in [-0.4, -0.2) is 23.6 Å². The number of allylic oxidation sites excluding steroid dienone is 1. The Morgan fingerprint density at radius 2 is 2.12 bits per heavy atom. The first-order chi connectivity index (χ1) is 8.15. The van der Waals surface area contributed by atoms with Gasteiger partial charge in [0.1, 0.15) is 0 Å². The molecule has 1 aromatic carbocycles. The minimum atomic E-state index is -0.0893. The highest BCUT2D eigenvalue weighted by molar-refractivity contribution is 5.76. The molecular weight excluding hydrogens is 214 g/mol.